The predicted octanol–water partition coefficient (Wildman–Crippen LogP) is 4.34. The lowest BCUT2D eigenvalue weighted by Crippen LogP contribution is -2.03. The lowest BCUT2D eigenvalue weighted by atomic mass is 9.91. The normalized spacial score (nSPS) is 16.6. The third-order valence-corrected chi connectivity index (χ3v) is 4.36. The maximum Gasteiger partial charge on any atom is 0.0725 e. The number of anilines is 2. The van der Waals surface area contributed by atoms with Crippen molar-refractivity contribution in [3.05, 3.63) is 58.7 Å². The molecule has 2 aromatic carbocycles. The van der Waals surface area contributed by atoms with Crippen LogP contribution < -0.4 is 5.32 Å². The molecule has 20 heavy (non-hydrogen) atoms. The Labute approximate surface area is 119 Å². The Bertz CT molecular complexity index is 648. The van der Waals surface area contributed by atoms with Crippen molar-refractivity contribution in [3.8, 4) is 0 Å². The topological polar surface area (TPSA) is 21.3 Å². The van der Waals surface area contributed by atoms with E-state index in [2.05, 4.69) is 41.7 Å². The van der Waals surface area contributed by atoms with Crippen LogP contribution in [0.25, 0.3) is 0 Å². The molecule has 1 aliphatic carbocycles. The number of rotatable bonds is 2. The van der Waals surface area contributed by atoms with Crippen molar-refractivity contribution < 1.29 is 4.74 Å². The molecule has 0 bridgehead atoms. The first-order chi connectivity index (χ1) is 9.88. The third-order valence-electron chi connectivity index (χ3n) is 4.36. The van der Waals surface area contributed by atoms with E-state index in [9.17, 15) is 0 Å². The largest absolute Gasteiger partial charge is 0.372 e. The Morgan fingerprint density at radius 2 is 1.35 bits per heavy atom. The van der Waals surface area contributed by atoms with E-state index in [1.807, 2.05) is 0 Å². The van der Waals surface area contributed by atoms with Crippen LogP contribution in [0.3, 0.4) is 0 Å². The number of aryl methyl sites for hydroxylation is 2. The van der Waals surface area contributed by atoms with Crippen molar-refractivity contribution in [1.29, 1.82) is 0 Å². The monoisotopic (exact) mass is 265 g/mol. The molecular formula is C18H19NO. The number of benzene rings is 2. The second-order valence-electron chi connectivity index (χ2n) is 5.79. The summed E-state index contributed by atoms with van der Waals surface area (Å²) < 4.78 is 5.47. The number of nitrogens with one attached hydrogen (secondary N) is 1. The summed E-state index contributed by atoms with van der Waals surface area (Å²) in [6.07, 6.45) is 5.13. The first-order valence-corrected chi connectivity index (χ1v) is 7.47. The average Bonchev–Trinajstić information content (AvgIpc) is 2.95. The summed E-state index contributed by atoms with van der Waals surface area (Å²) in [4.78, 5) is 0. The average molecular weight is 265 g/mol. The summed E-state index contributed by atoms with van der Waals surface area (Å²) in [7, 11) is 0. The van der Waals surface area contributed by atoms with E-state index in [1.54, 1.807) is 0 Å². The number of fused-ring (bicyclic) bond motifs is 2. The molecule has 0 amide bonds. The maximum atomic E-state index is 5.47. The zero-order valence-corrected chi connectivity index (χ0v) is 11.6. The van der Waals surface area contributed by atoms with Gasteiger partial charge in [-0.1, -0.05) is 12.1 Å². The van der Waals surface area contributed by atoms with Crippen LogP contribution in [0.5, 0.6) is 0 Å². The molecule has 102 valence electrons. The van der Waals surface area contributed by atoms with Crippen molar-refractivity contribution in [2.75, 3.05) is 5.32 Å². The predicted molar refractivity (Wildman–Crippen MR) is 81.3 cm³/mol. The molecule has 1 heterocycles. The lowest BCUT2D eigenvalue weighted by Gasteiger charge is -2.17. The Morgan fingerprint density at radius 1 is 0.700 bits per heavy atom. The van der Waals surface area contributed by atoms with Crippen LogP contribution in [0.1, 0.15) is 35.1 Å². The molecule has 2 aromatic rings. The van der Waals surface area contributed by atoms with E-state index in [-0.39, 0.29) is 0 Å². The first kappa shape index (κ1) is 12.0. The van der Waals surface area contributed by atoms with Gasteiger partial charge in [0.2, 0.25) is 0 Å². The summed E-state index contributed by atoms with van der Waals surface area (Å²) in [5, 5.41) is 3.53. The molecule has 0 spiro atoms. The number of ether oxygens (including phenoxy) is 1. The van der Waals surface area contributed by atoms with Gasteiger partial charge in [-0.15, -0.1) is 0 Å². The van der Waals surface area contributed by atoms with Crippen LogP contribution in [0.2, 0.25) is 0 Å². The van der Waals surface area contributed by atoms with Gasteiger partial charge in [0.15, 0.2) is 0 Å². The maximum absolute atomic E-state index is 5.47. The van der Waals surface area contributed by atoms with E-state index in [4.69, 9.17) is 4.74 Å². The van der Waals surface area contributed by atoms with Gasteiger partial charge in [0.05, 0.1) is 13.2 Å². The molecule has 1 N–H and O–H groups in total. The van der Waals surface area contributed by atoms with Gasteiger partial charge in [0.1, 0.15) is 0 Å². The van der Waals surface area contributed by atoms with Crippen molar-refractivity contribution in [2.24, 2.45) is 0 Å². The molecule has 0 saturated heterocycles. The standard InChI is InChI=1S/C18H19NO/c1-2-4-14-9-17(7-5-13(14)3-1)19-18-8-6-15-11-20-12-16(15)10-18/h5-10,19H,1-4,11-12H2. The first-order valence-electron chi connectivity index (χ1n) is 7.47. The molecule has 4 rings (SSSR count). The number of hydrogen-bond donors (Lipinski definition) is 1. The highest BCUT2D eigenvalue weighted by atomic mass is 16.5. The Morgan fingerprint density at radius 3 is 2.20 bits per heavy atom. The van der Waals surface area contributed by atoms with Crippen molar-refractivity contribution >= 4 is 11.4 Å². The fourth-order valence-electron chi connectivity index (χ4n) is 3.23. The van der Waals surface area contributed by atoms with Crippen molar-refractivity contribution in [1.82, 2.24) is 0 Å². The van der Waals surface area contributed by atoms with Gasteiger partial charge in [-0.25, -0.2) is 0 Å². The Balaban J connectivity index is 1.59. The molecule has 2 heteroatoms. The van der Waals surface area contributed by atoms with Crippen LogP contribution in [0.4, 0.5) is 11.4 Å². The van der Waals surface area contributed by atoms with E-state index in [0.717, 1.165) is 18.9 Å². The van der Waals surface area contributed by atoms with Crippen molar-refractivity contribution in [2.45, 2.75) is 38.9 Å². The van der Waals surface area contributed by atoms with E-state index in [1.165, 1.54) is 53.6 Å². The van der Waals surface area contributed by atoms with Gasteiger partial charge < -0.3 is 10.1 Å². The van der Waals surface area contributed by atoms with Gasteiger partial charge in [0.25, 0.3) is 0 Å². The highest BCUT2D eigenvalue weighted by Gasteiger charge is 2.12. The minimum Gasteiger partial charge on any atom is -0.372 e. The molecule has 0 atom stereocenters. The quantitative estimate of drug-likeness (QED) is 0.872. The fourth-order valence-corrected chi connectivity index (χ4v) is 3.23. The van der Waals surface area contributed by atoms with E-state index in [0.29, 0.717) is 0 Å². The summed E-state index contributed by atoms with van der Waals surface area (Å²) in [6.45, 7) is 1.50. The van der Waals surface area contributed by atoms with Crippen LogP contribution in [-0.4, -0.2) is 0 Å². The molecular weight excluding hydrogens is 246 g/mol. The smallest absolute Gasteiger partial charge is 0.0725 e. The lowest BCUT2D eigenvalue weighted by molar-refractivity contribution is 0.134. The highest BCUT2D eigenvalue weighted by molar-refractivity contribution is 5.62. The van der Waals surface area contributed by atoms with Crippen LogP contribution >= 0.6 is 0 Å². The summed E-state index contributed by atoms with van der Waals surface area (Å²) in [6, 6.07) is 13.3. The molecule has 0 saturated carbocycles. The van der Waals surface area contributed by atoms with Gasteiger partial charge >= 0.3 is 0 Å². The van der Waals surface area contributed by atoms with Gasteiger partial charge in [0, 0.05) is 11.4 Å². The zero-order chi connectivity index (χ0) is 13.4. The highest BCUT2D eigenvalue weighted by Crippen LogP contribution is 2.28. The minimum absolute atomic E-state index is 0.745. The SMILES string of the molecule is c1cc2c(cc1Nc1ccc3c(c1)COC3)CCCC2. The third kappa shape index (κ3) is 2.20. The van der Waals surface area contributed by atoms with Gasteiger partial charge in [-0.2, -0.15) is 0 Å². The van der Waals surface area contributed by atoms with Crippen molar-refractivity contribution in [3.63, 3.8) is 0 Å². The Hall–Kier alpha value is -1.80. The minimum atomic E-state index is 0.745. The summed E-state index contributed by atoms with van der Waals surface area (Å²) >= 11 is 0. The van der Waals surface area contributed by atoms with E-state index >= 15 is 0 Å². The second kappa shape index (κ2) is 4.95. The van der Waals surface area contributed by atoms with Gasteiger partial charge in [-0.3, -0.25) is 0 Å². The zero-order valence-electron chi connectivity index (χ0n) is 11.6. The Kier molecular flexibility index (Phi) is 2.96. The van der Waals surface area contributed by atoms with Gasteiger partial charge in [-0.05, 0) is 72.2 Å². The second-order valence-corrected chi connectivity index (χ2v) is 5.79. The molecule has 2 nitrogen and oxygen atoms in total. The molecule has 0 fully saturated rings. The molecule has 2 aliphatic rings. The molecule has 0 unspecified atom stereocenters. The fraction of sp³-hybridized carbons (Fsp3) is 0.333. The van der Waals surface area contributed by atoms with Crippen LogP contribution in [0, 0.1) is 0 Å². The van der Waals surface area contributed by atoms with Crippen LogP contribution in [-0.2, 0) is 30.8 Å². The summed E-state index contributed by atoms with van der Waals surface area (Å²) in [5.41, 5.74) is 8.04. The summed E-state index contributed by atoms with van der Waals surface area (Å²) in [5.74, 6) is 0. The molecule has 0 radical (unpaired) electrons. The molecule has 0 aromatic heterocycles. The molecule has 1 aliphatic heterocycles. The number of hydrogen-bond acceptors (Lipinski definition) is 2. The van der Waals surface area contributed by atoms with E-state index < -0.39 is 0 Å². The van der Waals surface area contributed by atoms with Crippen LogP contribution in [0.15, 0.2) is 36.4 Å².